The zero-order valence-electron chi connectivity index (χ0n) is 13.8. The highest BCUT2D eigenvalue weighted by atomic mass is 16.5. The molecule has 120 valence electrons. The standard InChI is InChI=1S/C17H30N2O2/c1-4-19-14(2)11-16(15(19)3)12-18-8-6-9-20-13-17-7-5-10-21-17/h11,17-18H,4-10,12-13H2,1-3H3. The molecule has 0 amide bonds. The van der Waals surface area contributed by atoms with Crippen LogP contribution in [0.5, 0.6) is 0 Å². The Morgan fingerprint density at radius 2 is 2.29 bits per heavy atom. The average Bonchev–Trinajstić information content (AvgIpc) is 3.07. The minimum Gasteiger partial charge on any atom is -0.379 e. The molecule has 4 nitrogen and oxygen atoms in total. The van der Waals surface area contributed by atoms with Crippen molar-refractivity contribution in [1.29, 1.82) is 0 Å². The van der Waals surface area contributed by atoms with E-state index < -0.39 is 0 Å². The van der Waals surface area contributed by atoms with Gasteiger partial charge in [0.2, 0.25) is 0 Å². The first kappa shape index (κ1) is 16.5. The quantitative estimate of drug-likeness (QED) is 0.711. The summed E-state index contributed by atoms with van der Waals surface area (Å²) in [6, 6.07) is 2.29. The molecule has 1 aromatic rings. The first-order chi connectivity index (χ1) is 10.2. The Hall–Kier alpha value is -0.840. The molecule has 1 unspecified atom stereocenters. The fourth-order valence-electron chi connectivity index (χ4n) is 3.05. The molecule has 0 saturated carbocycles. The van der Waals surface area contributed by atoms with Gasteiger partial charge in [0.05, 0.1) is 12.7 Å². The molecular formula is C17H30N2O2. The Morgan fingerprint density at radius 1 is 1.43 bits per heavy atom. The van der Waals surface area contributed by atoms with Gasteiger partial charge in [-0.3, -0.25) is 0 Å². The van der Waals surface area contributed by atoms with Gasteiger partial charge in [-0.15, -0.1) is 0 Å². The molecule has 1 saturated heterocycles. The summed E-state index contributed by atoms with van der Waals surface area (Å²) in [4.78, 5) is 0. The predicted molar refractivity (Wildman–Crippen MR) is 85.7 cm³/mol. The molecule has 0 spiro atoms. The van der Waals surface area contributed by atoms with Crippen molar-refractivity contribution in [3.63, 3.8) is 0 Å². The Kier molecular flexibility index (Phi) is 6.74. The van der Waals surface area contributed by atoms with Crippen molar-refractivity contribution in [1.82, 2.24) is 9.88 Å². The monoisotopic (exact) mass is 294 g/mol. The molecule has 0 bridgehead atoms. The Labute approximate surface area is 128 Å². The fraction of sp³-hybridized carbons (Fsp3) is 0.765. The summed E-state index contributed by atoms with van der Waals surface area (Å²) in [7, 11) is 0. The number of aryl methyl sites for hydroxylation is 1. The lowest BCUT2D eigenvalue weighted by atomic mass is 10.2. The highest BCUT2D eigenvalue weighted by Crippen LogP contribution is 2.14. The van der Waals surface area contributed by atoms with E-state index in [9.17, 15) is 0 Å². The van der Waals surface area contributed by atoms with E-state index in [-0.39, 0.29) is 0 Å². The normalized spacial score (nSPS) is 18.5. The van der Waals surface area contributed by atoms with Crippen LogP contribution in [0.2, 0.25) is 0 Å². The van der Waals surface area contributed by atoms with Gasteiger partial charge in [0.15, 0.2) is 0 Å². The molecule has 21 heavy (non-hydrogen) atoms. The molecule has 1 N–H and O–H groups in total. The van der Waals surface area contributed by atoms with Crippen LogP contribution in [-0.4, -0.2) is 37.0 Å². The van der Waals surface area contributed by atoms with E-state index in [0.717, 1.165) is 52.3 Å². The fourth-order valence-corrected chi connectivity index (χ4v) is 3.05. The van der Waals surface area contributed by atoms with Crippen LogP contribution in [0.3, 0.4) is 0 Å². The Balaban J connectivity index is 1.55. The summed E-state index contributed by atoms with van der Waals surface area (Å²) in [5, 5.41) is 3.51. The molecule has 1 atom stereocenters. The maximum absolute atomic E-state index is 5.67. The van der Waals surface area contributed by atoms with Gasteiger partial charge in [-0.1, -0.05) is 0 Å². The summed E-state index contributed by atoms with van der Waals surface area (Å²) in [5.74, 6) is 0. The second-order valence-corrected chi connectivity index (χ2v) is 5.88. The van der Waals surface area contributed by atoms with Gasteiger partial charge in [-0.2, -0.15) is 0 Å². The van der Waals surface area contributed by atoms with Crippen LogP contribution in [0, 0.1) is 13.8 Å². The second kappa shape index (κ2) is 8.57. The van der Waals surface area contributed by atoms with Gasteiger partial charge in [-0.25, -0.2) is 0 Å². The number of rotatable bonds is 9. The van der Waals surface area contributed by atoms with E-state index in [1.54, 1.807) is 0 Å². The lowest BCUT2D eigenvalue weighted by Crippen LogP contribution is -2.19. The lowest BCUT2D eigenvalue weighted by Gasteiger charge is -2.10. The van der Waals surface area contributed by atoms with Crippen molar-refractivity contribution in [2.75, 3.05) is 26.4 Å². The smallest absolute Gasteiger partial charge is 0.0809 e. The molecule has 2 rings (SSSR count). The van der Waals surface area contributed by atoms with Crippen molar-refractivity contribution < 1.29 is 9.47 Å². The Bertz CT molecular complexity index is 423. The zero-order chi connectivity index (χ0) is 15.1. The minimum atomic E-state index is 0.345. The number of ether oxygens (including phenoxy) is 2. The maximum atomic E-state index is 5.67. The second-order valence-electron chi connectivity index (χ2n) is 5.88. The van der Waals surface area contributed by atoms with Crippen LogP contribution in [0.15, 0.2) is 6.07 Å². The molecule has 1 aromatic heterocycles. The highest BCUT2D eigenvalue weighted by molar-refractivity contribution is 5.26. The molecular weight excluding hydrogens is 264 g/mol. The highest BCUT2D eigenvalue weighted by Gasteiger charge is 2.14. The van der Waals surface area contributed by atoms with E-state index in [1.807, 2.05) is 0 Å². The van der Waals surface area contributed by atoms with Crippen LogP contribution < -0.4 is 5.32 Å². The molecule has 2 heterocycles. The van der Waals surface area contributed by atoms with Gasteiger partial charge in [0, 0.05) is 37.7 Å². The number of nitrogens with one attached hydrogen (secondary N) is 1. The van der Waals surface area contributed by atoms with Gasteiger partial charge >= 0.3 is 0 Å². The number of hydrogen-bond acceptors (Lipinski definition) is 3. The average molecular weight is 294 g/mol. The molecule has 1 aliphatic rings. The molecule has 0 radical (unpaired) electrons. The van der Waals surface area contributed by atoms with Crippen molar-refractivity contribution in [2.45, 2.75) is 59.2 Å². The number of hydrogen-bond donors (Lipinski definition) is 1. The van der Waals surface area contributed by atoms with E-state index in [2.05, 4.69) is 36.7 Å². The molecule has 0 aromatic carbocycles. The predicted octanol–water partition coefficient (Wildman–Crippen LogP) is 2.80. The summed E-state index contributed by atoms with van der Waals surface area (Å²) in [5.41, 5.74) is 4.15. The molecule has 1 aliphatic heterocycles. The first-order valence-electron chi connectivity index (χ1n) is 8.28. The largest absolute Gasteiger partial charge is 0.379 e. The van der Waals surface area contributed by atoms with Crippen LogP contribution in [0.4, 0.5) is 0 Å². The van der Waals surface area contributed by atoms with Crippen LogP contribution in [-0.2, 0) is 22.6 Å². The van der Waals surface area contributed by atoms with Gasteiger partial charge in [0.25, 0.3) is 0 Å². The van der Waals surface area contributed by atoms with Gasteiger partial charge in [-0.05, 0) is 58.2 Å². The van der Waals surface area contributed by atoms with Crippen LogP contribution in [0.25, 0.3) is 0 Å². The third kappa shape index (κ3) is 4.83. The van der Waals surface area contributed by atoms with E-state index >= 15 is 0 Å². The van der Waals surface area contributed by atoms with E-state index in [1.165, 1.54) is 23.4 Å². The number of aromatic nitrogens is 1. The summed E-state index contributed by atoms with van der Waals surface area (Å²) in [6.07, 6.45) is 3.74. The zero-order valence-corrected chi connectivity index (χ0v) is 13.8. The topological polar surface area (TPSA) is 35.4 Å². The molecule has 1 fully saturated rings. The number of nitrogens with zero attached hydrogens (tertiary/aromatic N) is 1. The third-order valence-electron chi connectivity index (χ3n) is 4.28. The van der Waals surface area contributed by atoms with Gasteiger partial charge in [0.1, 0.15) is 0 Å². The lowest BCUT2D eigenvalue weighted by molar-refractivity contribution is 0.0166. The Morgan fingerprint density at radius 3 is 2.95 bits per heavy atom. The molecule has 4 heteroatoms. The van der Waals surface area contributed by atoms with Crippen molar-refractivity contribution in [3.8, 4) is 0 Å². The molecule has 0 aliphatic carbocycles. The summed E-state index contributed by atoms with van der Waals surface area (Å²) < 4.78 is 13.6. The SMILES string of the molecule is CCn1c(C)cc(CNCCCOCC2CCCO2)c1C. The van der Waals surface area contributed by atoms with Crippen molar-refractivity contribution in [3.05, 3.63) is 23.0 Å². The van der Waals surface area contributed by atoms with Crippen molar-refractivity contribution in [2.24, 2.45) is 0 Å². The van der Waals surface area contributed by atoms with Crippen LogP contribution >= 0.6 is 0 Å². The summed E-state index contributed by atoms with van der Waals surface area (Å²) >= 11 is 0. The van der Waals surface area contributed by atoms with Gasteiger partial charge < -0.3 is 19.4 Å². The maximum Gasteiger partial charge on any atom is 0.0809 e. The minimum absolute atomic E-state index is 0.345. The van der Waals surface area contributed by atoms with E-state index in [0.29, 0.717) is 6.10 Å². The summed E-state index contributed by atoms with van der Waals surface area (Å²) in [6.45, 7) is 12.1. The first-order valence-corrected chi connectivity index (χ1v) is 8.28. The van der Waals surface area contributed by atoms with Crippen LogP contribution in [0.1, 0.15) is 43.1 Å². The van der Waals surface area contributed by atoms with E-state index in [4.69, 9.17) is 9.47 Å². The van der Waals surface area contributed by atoms with Crippen molar-refractivity contribution >= 4 is 0 Å². The third-order valence-corrected chi connectivity index (χ3v) is 4.28.